The predicted molar refractivity (Wildman–Crippen MR) is 122 cm³/mol. The zero-order chi connectivity index (χ0) is 19.0. The van der Waals surface area contributed by atoms with Crippen molar-refractivity contribution in [3.8, 4) is 0 Å². The fraction of sp³-hybridized carbons (Fsp3) is 0. The molecule has 4 aromatic carbocycles. The smallest absolute Gasteiger partial charge is 0.00992 e. The van der Waals surface area contributed by atoms with Gasteiger partial charge < -0.3 is 0 Å². The molecular weight excluding hydrogens is 336 g/mol. The molecule has 0 fully saturated rings. The molecule has 0 unspecified atom stereocenters. The molecule has 0 aliphatic carbocycles. The maximum absolute atomic E-state index is 2.27. The van der Waals surface area contributed by atoms with Crippen molar-refractivity contribution >= 4 is 23.3 Å². The minimum Gasteiger partial charge on any atom is -0.0622 e. The Kier molecular flexibility index (Phi) is 5.60. The van der Waals surface area contributed by atoms with Crippen LogP contribution in [0.25, 0.3) is 23.3 Å². The Hall–Kier alpha value is -3.64. The molecule has 28 heavy (non-hydrogen) atoms. The molecule has 0 heterocycles. The Morgan fingerprint density at radius 1 is 0.357 bits per heavy atom. The van der Waals surface area contributed by atoms with Crippen LogP contribution in [0.2, 0.25) is 0 Å². The number of benzene rings is 4. The maximum atomic E-state index is 2.27. The van der Waals surface area contributed by atoms with E-state index in [0.717, 1.165) is 0 Å². The van der Waals surface area contributed by atoms with Crippen molar-refractivity contribution in [1.29, 1.82) is 0 Å². The van der Waals surface area contributed by atoms with Crippen LogP contribution in [0.3, 0.4) is 0 Å². The van der Waals surface area contributed by atoms with Crippen LogP contribution in [-0.2, 0) is 0 Å². The molecule has 0 saturated heterocycles. The molecular formula is C28H22. The lowest BCUT2D eigenvalue weighted by Gasteiger charge is -2.15. The van der Waals surface area contributed by atoms with Gasteiger partial charge >= 0.3 is 0 Å². The molecule has 0 bridgehead atoms. The van der Waals surface area contributed by atoms with Gasteiger partial charge in [-0.25, -0.2) is 0 Å². The van der Waals surface area contributed by atoms with Crippen LogP contribution in [0.4, 0.5) is 0 Å². The normalized spacial score (nSPS) is 12.0. The highest BCUT2D eigenvalue weighted by atomic mass is 14.1. The van der Waals surface area contributed by atoms with E-state index in [4.69, 9.17) is 0 Å². The van der Waals surface area contributed by atoms with Gasteiger partial charge in [0, 0.05) is 0 Å². The number of rotatable bonds is 5. The van der Waals surface area contributed by atoms with Crippen molar-refractivity contribution in [3.05, 3.63) is 144 Å². The molecule has 0 aliphatic rings. The van der Waals surface area contributed by atoms with Gasteiger partial charge in [-0.1, -0.05) is 121 Å². The van der Waals surface area contributed by atoms with E-state index in [0.29, 0.717) is 0 Å². The van der Waals surface area contributed by atoms with Gasteiger partial charge in [0.05, 0.1) is 0 Å². The second kappa shape index (κ2) is 8.83. The molecule has 0 nitrogen and oxygen atoms in total. The van der Waals surface area contributed by atoms with Crippen molar-refractivity contribution in [2.24, 2.45) is 0 Å². The monoisotopic (exact) mass is 358 g/mol. The van der Waals surface area contributed by atoms with Crippen LogP contribution < -0.4 is 0 Å². The van der Waals surface area contributed by atoms with Crippen LogP contribution in [-0.4, -0.2) is 0 Å². The molecule has 0 radical (unpaired) electrons. The van der Waals surface area contributed by atoms with E-state index in [1.807, 2.05) is 0 Å². The average Bonchev–Trinajstić information content (AvgIpc) is 2.79. The van der Waals surface area contributed by atoms with Gasteiger partial charge in [0.1, 0.15) is 0 Å². The van der Waals surface area contributed by atoms with E-state index >= 15 is 0 Å². The standard InChI is InChI=1S/C28H22/c1-5-13-23(14-6-1)21-27(25-17-9-3-10-18-25)28(26-19-11-4-12-20-26)22-24-15-7-2-8-16-24/h1-22H/b27-21+,28-22+. The lowest BCUT2D eigenvalue weighted by atomic mass is 9.89. The van der Waals surface area contributed by atoms with E-state index < -0.39 is 0 Å². The molecule has 0 spiro atoms. The third-order valence-electron chi connectivity index (χ3n) is 4.68. The molecule has 0 N–H and O–H groups in total. The van der Waals surface area contributed by atoms with Crippen molar-refractivity contribution in [1.82, 2.24) is 0 Å². The Morgan fingerprint density at radius 2 is 0.643 bits per heavy atom. The number of hydrogen-bond acceptors (Lipinski definition) is 0. The van der Waals surface area contributed by atoms with E-state index in [-0.39, 0.29) is 0 Å². The SMILES string of the molecule is C(=C(\C(=C\c1ccccc1)c1ccccc1)c1ccccc1)/c1ccccc1. The first-order chi connectivity index (χ1) is 13.9. The summed E-state index contributed by atoms with van der Waals surface area (Å²) in [5, 5.41) is 0. The van der Waals surface area contributed by atoms with Gasteiger partial charge in [-0.2, -0.15) is 0 Å². The van der Waals surface area contributed by atoms with Crippen molar-refractivity contribution < 1.29 is 0 Å². The summed E-state index contributed by atoms with van der Waals surface area (Å²) in [4.78, 5) is 0. The van der Waals surface area contributed by atoms with Gasteiger partial charge in [0.2, 0.25) is 0 Å². The summed E-state index contributed by atoms with van der Waals surface area (Å²) in [6.45, 7) is 0. The minimum absolute atomic E-state index is 1.19. The Balaban J connectivity index is 1.94. The summed E-state index contributed by atoms with van der Waals surface area (Å²) >= 11 is 0. The highest BCUT2D eigenvalue weighted by molar-refractivity contribution is 6.15. The van der Waals surface area contributed by atoms with E-state index in [1.165, 1.54) is 33.4 Å². The summed E-state index contributed by atoms with van der Waals surface area (Å²) in [7, 11) is 0. The van der Waals surface area contributed by atoms with Crippen LogP contribution in [0.5, 0.6) is 0 Å². The molecule has 134 valence electrons. The zero-order valence-corrected chi connectivity index (χ0v) is 15.7. The second-order valence-electron chi connectivity index (χ2n) is 6.67. The Morgan fingerprint density at radius 3 is 0.964 bits per heavy atom. The molecule has 0 saturated carbocycles. The summed E-state index contributed by atoms with van der Waals surface area (Å²) in [5.74, 6) is 0. The Labute approximate surface area is 167 Å². The van der Waals surface area contributed by atoms with Gasteiger partial charge in [0.25, 0.3) is 0 Å². The summed E-state index contributed by atoms with van der Waals surface area (Å²) in [6.07, 6.45) is 4.55. The molecule has 0 aromatic heterocycles. The summed E-state index contributed by atoms with van der Waals surface area (Å²) in [6, 6.07) is 42.2. The lowest BCUT2D eigenvalue weighted by molar-refractivity contribution is 1.58. The van der Waals surface area contributed by atoms with Crippen molar-refractivity contribution in [3.63, 3.8) is 0 Å². The van der Waals surface area contributed by atoms with Gasteiger partial charge in [-0.05, 0) is 45.6 Å². The average molecular weight is 358 g/mol. The number of allylic oxidation sites excluding steroid dienone is 2. The largest absolute Gasteiger partial charge is 0.0622 e. The molecule has 4 aromatic rings. The molecule has 0 aliphatic heterocycles. The zero-order valence-electron chi connectivity index (χ0n) is 15.7. The topological polar surface area (TPSA) is 0 Å². The van der Waals surface area contributed by atoms with Crippen LogP contribution in [0.15, 0.2) is 121 Å². The third-order valence-corrected chi connectivity index (χ3v) is 4.68. The van der Waals surface area contributed by atoms with Crippen LogP contribution in [0.1, 0.15) is 22.3 Å². The first-order valence-electron chi connectivity index (χ1n) is 9.55. The fourth-order valence-electron chi connectivity index (χ4n) is 3.30. The van der Waals surface area contributed by atoms with Crippen LogP contribution in [0, 0.1) is 0 Å². The van der Waals surface area contributed by atoms with E-state index in [9.17, 15) is 0 Å². The highest BCUT2D eigenvalue weighted by Crippen LogP contribution is 2.34. The Bertz CT molecular complexity index is 967. The van der Waals surface area contributed by atoms with E-state index in [1.54, 1.807) is 0 Å². The second-order valence-corrected chi connectivity index (χ2v) is 6.67. The molecule has 0 heteroatoms. The number of hydrogen-bond donors (Lipinski definition) is 0. The maximum Gasteiger partial charge on any atom is -0.00992 e. The van der Waals surface area contributed by atoms with E-state index in [2.05, 4.69) is 133 Å². The quantitative estimate of drug-likeness (QED) is 0.256. The third kappa shape index (κ3) is 4.36. The minimum atomic E-state index is 1.19. The molecule has 0 amide bonds. The fourth-order valence-corrected chi connectivity index (χ4v) is 3.30. The van der Waals surface area contributed by atoms with Crippen molar-refractivity contribution in [2.75, 3.05) is 0 Å². The van der Waals surface area contributed by atoms with Crippen molar-refractivity contribution in [2.45, 2.75) is 0 Å². The summed E-state index contributed by atoms with van der Waals surface area (Å²) in [5.41, 5.74) is 7.21. The molecule has 4 rings (SSSR count). The molecule has 0 atom stereocenters. The van der Waals surface area contributed by atoms with Gasteiger partial charge in [0.15, 0.2) is 0 Å². The first kappa shape index (κ1) is 17.8. The lowest BCUT2D eigenvalue weighted by Crippen LogP contribution is -1.92. The van der Waals surface area contributed by atoms with Gasteiger partial charge in [-0.15, -0.1) is 0 Å². The predicted octanol–water partition coefficient (Wildman–Crippen LogP) is 7.47. The van der Waals surface area contributed by atoms with Gasteiger partial charge in [-0.3, -0.25) is 0 Å². The summed E-state index contributed by atoms with van der Waals surface area (Å²) < 4.78 is 0. The first-order valence-corrected chi connectivity index (χ1v) is 9.55. The highest BCUT2D eigenvalue weighted by Gasteiger charge is 2.11. The van der Waals surface area contributed by atoms with Crippen LogP contribution >= 0.6 is 0 Å².